The highest BCUT2D eigenvalue weighted by atomic mass is 19.1. The molecule has 2 rings (SSSR count). The molecule has 0 amide bonds. The van der Waals surface area contributed by atoms with Crippen LogP contribution in [0.25, 0.3) is 0 Å². The maximum atomic E-state index is 13.5. The molecule has 2 aromatic carbocycles. The monoisotopic (exact) mass is 257 g/mol. The van der Waals surface area contributed by atoms with Crippen LogP contribution in [0.15, 0.2) is 48.5 Å². The minimum Gasteiger partial charge on any atom is -0.324 e. The topological polar surface area (TPSA) is 43.1 Å². The molecule has 98 valence electrons. The van der Waals surface area contributed by atoms with Crippen molar-refractivity contribution in [1.82, 2.24) is 0 Å². The van der Waals surface area contributed by atoms with Crippen molar-refractivity contribution >= 4 is 5.78 Å². The Hall–Kier alpha value is -2.00. The Morgan fingerprint density at radius 2 is 1.79 bits per heavy atom. The molecule has 0 aromatic heterocycles. The summed E-state index contributed by atoms with van der Waals surface area (Å²) >= 11 is 0. The van der Waals surface area contributed by atoms with Gasteiger partial charge in [-0.05, 0) is 24.1 Å². The number of carbonyl (C=O) groups is 1. The third kappa shape index (κ3) is 2.88. The molecule has 0 aliphatic carbocycles. The number of hydrogen-bond donors (Lipinski definition) is 1. The smallest absolute Gasteiger partial charge is 0.195 e. The predicted octanol–water partition coefficient (Wildman–Crippen LogP) is 3.47. The van der Waals surface area contributed by atoms with Gasteiger partial charge in [0.05, 0.1) is 5.56 Å². The fourth-order valence-corrected chi connectivity index (χ4v) is 1.92. The van der Waals surface area contributed by atoms with Gasteiger partial charge in [0.25, 0.3) is 0 Å². The highest BCUT2D eigenvalue weighted by Crippen LogP contribution is 2.17. The lowest BCUT2D eigenvalue weighted by molar-refractivity contribution is 0.103. The van der Waals surface area contributed by atoms with Crippen LogP contribution in [0.3, 0.4) is 0 Å². The molecular weight excluding hydrogens is 241 g/mol. The molecule has 0 aliphatic rings. The fourth-order valence-electron chi connectivity index (χ4n) is 1.92. The number of halogens is 1. The maximum Gasteiger partial charge on any atom is 0.195 e. The largest absolute Gasteiger partial charge is 0.324 e. The van der Waals surface area contributed by atoms with Crippen molar-refractivity contribution < 1.29 is 9.18 Å². The summed E-state index contributed by atoms with van der Waals surface area (Å²) in [5.74, 6) is -0.809. The number of hydrogen-bond acceptors (Lipinski definition) is 2. The van der Waals surface area contributed by atoms with E-state index in [0.29, 0.717) is 5.56 Å². The summed E-state index contributed by atoms with van der Waals surface area (Å²) in [4.78, 5) is 12.1. The van der Waals surface area contributed by atoms with Crippen molar-refractivity contribution in [3.05, 3.63) is 71.0 Å². The van der Waals surface area contributed by atoms with Crippen molar-refractivity contribution in [1.29, 1.82) is 0 Å². The van der Waals surface area contributed by atoms with Gasteiger partial charge in [-0.1, -0.05) is 43.3 Å². The zero-order chi connectivity index (χ0) is 13.8. The molecule has 2 aromatic rings. The average Bonchev–Trinajstić information content (AvgIpc) is 2.46. The van der Waals surface area contributed by atoms with E-state index in [1.165, 1.54) is 12.1 Å². The molecule has 2 nitrogen and oxygen atoms in total. The van der Waals surface area contributed by atoms with Gasteiger partial charge in [0.15, 0.2) is 5.78 Å². The van der Waals surface area contributed by atoms with E-state index < -0.39 is 5.82 Å². The van der Waals surface area contributed by atoms with E-state index in [1.807, 2.05) is 19.1 Å². The average molecular weight is 257 g/mol. The van der Waals surface area contributed by atoms with Gasteiger partial charge in [0, 0.05) is 11.6 Å². The second-order valence-corrected chi connectivity index (χ2v) is 4.45. The molecule has 0 heterocycles. The molecule has 0 saturated carbocycles. The molecule has 0 radical (unpaired) electrons. The minimum absolute atomic E-state index is 0.0300. The molecule has 0 fully saturated rings. The number of ketones is 1. The number of carbonyl (C=O) groups excluding carboxylic acids is 1. The Balaban J connectivity index is 2.28. The van der Waals surface area contributed by atoms with Crippen LogP contribution < -0.4 is 5.73 Å². The van der Waals surface area contributed by atoms with Crippen molar-refractivity contribution in [3.8, 4) is 0 Å². The summed E-state index contributed by atoms with van der Waals surface area (Å²) in [5, 5.41) is 0. The highest BCUT2D eigenvalue weighted by Gasteiger charge is 2.13. The summed E-state index contributed by atoms with van der Waals surface area (Å²) in [6.45, 7) is 2.00. The first-order valence-corrected chi connectivity index (χ1v) is 6.28. The molecule has 2 N–H and O–H groups in total. The molecule has 19 heavy (non-hydrogen) atoms. The lowest BCUT2D eigenvalue weighted by Crippen LogP contribution is -2.09. The van der Waals surface area contributed by atoms with Gasteiger partial charge in [-0.3, -0.25) is 4.79 Å². The first kappa shape index (κ1) is 13.4. The van der Waals surface area contributed by atoms with E-state index in [4.69, 9.17) is 5.73 Å². The Bertz CT molecular complexity index is 578. The summed E-state index contributed by atoms with van der Waals surface area (Å²) in [6.07, 6.45) is 0.834. The van der Waals surface area contributed by atoms with Crippen LogP contribution in [-0.2, 0) is 0 Å². The standard InChI is InChI=1S/C16H16FNO/c1-2-15(18)11-7-9-12(10-8-11)16(19)13-5-3-4-6-14(13)17/h3-10,15H,2,18H2,1H3. The van der Waals surface area contributed by atoms with Gasteiger partial charge < -0.3 is 5.73 Å². The fraction of sp³-hybridized carbons (Fsp3) is 0.188. The second kappa shape index (κ2) is 5.76. The molecule has 0 aliphatic heterocycles. The normalized spacial score (nSPS) is 12.2. The molecule has 0 saturated heterocycles. The summed E-state index contributed by atoms with van der Waals surface area (Å²) in [5.41, 5.74) is 7.45. The molecular formula is C16H16FNO. The summed E-state index contributed by atoms with van der Waals surface area (Å²) in [6, 6.07) is 13.0. The van der Waals surface area contributed by atoms with Crippen LogP contribution in [0.5, 0.6) is 0 Å². The highest BCUT2D eigenvalue weighted by molar-refractivity contribution is 6.09. The van der Waals surface area contributed by atoms with Gasteiger partial charge in [0.2, 0.25) is 0 Å². The van der Waals surface area contributed by atoms with Crippen LogP contribution in [0, 0.1) is 5.82 Å². The lowest BCUT2D eigenvalue weighted by Gasteiger charge is -2.09. The van der Waals surface area contributed by atoms with Crippen molar-refractivity contribution in [2.24, 2.45) is 5.73 Å². The SMILES string of the molecule is CCC(N)c1ccc(C(=O)c2ccccc2F)cc1. The van der Waals surface area contributed by atoms with E-state index >= 15 is 0 Å². The summed E-state index contributed by atoms with van der Waals surface area (Å²) < 4.78 is 13.5. The molecule has 1 unspecified atom stereocenters. The van der Waals surface area contributed by atoms with E-state index in [2.05, 4.69) is 0 Å². The zero-order valence-electron chi connectivity index (χ0n) is 10.8. The first-order valence-electron chi connectivity index (χ1n) is 6.28. The lowest BCUT2D eigenvalue weighted by atomic mass is 9.99. The zero-order valence-corrected chi connectivity index (χ0v) is 10.8. The second-order valence-electron chi connectivity index (χ2n) is 4.45. The maximum absolute atomic E-state index is 13.5. The number of rotatable bonds is 4. The van der Waals surface area contributed by atoms with E-state index in [0.717, 1.165) is 12.0 Å². The van der Waals surface area contributed by atoms with Crippen molar-refractivity contribution in [2.45, 2.75) is 19.4 Å². The third-order valence-corrected chi connectivity index (χ3v) is 3.16. The predicted molar refractivity (Wildman–Crippen MR) is 73.5 cm³/mol. The van der Waals surface area contributed by atoms with E-state index in [1.54, 1.807) is 24.3 Å². The van der Waals surface area contributed by atoms with Crippen molar-refractivity contribution in [3.63, 3.8) is 0 Å². The molecule has 1 atom stereocenters. The van der Waals surface area contributed by atoms with Crippen LogP contribution in [0.2, 0.25) is 0 Å². The van der Waals surface area contributed by atoms with Gasteiger partial charge >= 0.3 is 0 Å². The summed E-state index contributed by atoms with van der Waals surface area (Å²) in [7, 11) is 0. The Morgan fingerprint density at radius 1 is 1.16 bits per heavy atom. The van der Waals surface area contributed by atoms with Crippen LogP contribution in [0.4, 0.5) is 4.39 Å². The Morgan fingerprint density at radius 3 is 2.37 bits per heavy atom. The van der Waals surface area contributed by atoms with Crippen LogP contribution in [-0.4, -0.2) is 5.78 Å². The van der Waals surface area contributed by atoms with Crippen LogP contribution >= 0.6 is 0 Å². The van der Waals surface area contributed by atoms with Gasteiger partial charge in [0.1, 0.15) is 5.82 Å². The first-order chi connectivity index (χ1) is 9.13. The Labute approximate surface area is 112 Å². The third-order valence-electron chi connectivity index (χ3n) is 3.16. The van der Waals surface area contributed by atoms with Gasteiger partial charge in [-0.25, -0.2) is 4.39 Å². The Kier molecular flexibility index (Phi) is 4.07. The quantitative estimate of drug-likeness (QED) is 0.852. The van der Waals surface area contributed by atoms with Gasteiger partial charge in [-0.15, -0.1) is 0 Å². The number of nitrogens with two attached hydrogens (primary N) is 1. The molecule has 0 bridgehead atoms. The minimum atomic E-state index is -0.498. The molecule has 0 spiro atoms. The number of benzene rings is 2. The van der Waals surface area contributed by atoms with Gasteiger partial charge in [-0.2, -0.15) is 0 Å². The van der Waals surface area contributed by atoms with E-state index in [9.17, 15) is 9.18 Å². The molecule has 3 heteroatoms. The van der Waals surface area contributed by atoms with E-state index in [-0.39, 0.29) is 17.4 Å². The van der Waals surface area contributed by atoms with Crippen molar-refractivity contribution in [2.75, 3.05) is 0 Å². The van der Waals surface area contributed by atoms with Crippen LogP contribution in [0.1, 0.15) is 40.9 Å².